The van der Waals surface area contributed by atoms with Crippen molar-refractivity contribution >= 4 is 33.9 Å². The highest BCUT2D eigenvalue weighted by molar-refractivity contribution is 5.95. The number of rotatable bonds is 13. The summed E-state index contributed by atoms with van der Waals surface area (Å²) in [6.45, 7) is 4.65. The summed E-state index contributed by atoms with van der Waals surface area (Å²) in [4.78, 5) is 51.1. The van der Waals surface area contributed by atoms with Crippen molar-refractivity contribution in [2.75, 3.05) is 33.4 Å². The first kappa shape index (κ1) is 46.0. The predicted molar refractivity (Wildman–Crippen MR) is 234 cm³/mol. The first-order chi connectivity index (χ1) is 31.1. The summed E-state index contributed by atoms with van der Waals surface area (Å²) in [5.74, 6) is -0.994. The first-order valence-corrected chi connectivity index (χ1v) is 20.3. The second-order valence-electron chi connectivity index (χ2n) is 13.8. The van der Waals surface area contributed by atoms with Crippen molar-refractivity contribution in [1.82, 2.24) is 54.8 Å². The van der Waals surface area contributed by atoms with Crippen LogP contribution in [0.3, 0.4) is 0 Å². The lowest BCUT2D eigenvalue weighted by Crippen LogP contribution is -2.28. The molecule has 0 saturated carbocycles. The lowest BCUT2D eigenvalue weighted by Gasteiger charge is -2.08. The van der Waals surface area contributed by atoms with Gasteiger partial charge in [-0.05, 0) is 49.2 Å². The van der Waals surface area contributed by atoms with Crippen molar-refractivity contribution in [1.29, 1.82) is 0 Å². The number of ether oxygens (including phenoxy) is 1. The maximum atomic E-state index is 14.2. The van der Waals surface area contributed by atoms with Gasteiger partial charge in [-0.2, -0.15) is 10.2 Å². The van der Waals surface area contributed by atoms with Gasteiger partial charge in [-0.3, -0.25) is 4.79 Å². The van der Waals surface area contributed by atoms with Gasteiger partial charge in [-0.15, -0.1) is 0 Å². The minimum absolute atomic E-state index is 0.0972. The summed E-state index contributed by atoms with van der Waals surface area (Å²) < 4.78 is 36.4. The van der Waals surface area contributed by atoms with Crippen LogP contribution in [-0.2, 0) is 30.7 Å². The molecule has 2 aromatic carbocycles. The monoisotopic (exact) mass is 872 g/mol. The Kier molecular flexibility index (Phi) is 15.9. The number of nitrogens with zero attached hydrogens (tertiary/aromatic N) is 10. The number of fused-ring (bicyclic) bond motifs is 2. The normalized spacial score (nSPS) is 10.8. The van der Waals surface area contributed by atoms with Crippen molar-refractivity contribution in [2.24, 2.45) is 5.73 Å². The number of halogens is 2. The lowest BCUT2D eigenvalue weighted by atomic mass is 10.1. The minimum atomic E-state index is -0.529. The number of aromatic nitrogens is 10. The van der Waals surface area contributed by atoms with Gasteiger partial charge in [0.1, 0.15) is 28.7 Å². The molecule has 0 aliphatic rings. The molecule has 0 fully saturated rings. The van der Waals surface area contributed by atoms with E-state index in [0.29, 0.717) is 75.1 Å². The van der Waals surface area contributed by atoms with Gasteiger partial charge in [0.2, 0.25) is 0 Å². The van der Waals surface area contributed by atoms with Crippen molar-refractivity contribution in [3.05, 3.63) is 143 Å². The van der Waals surface area contributed by atoms with E-state index in [9.17, 15) is 18.4 Å². The number of esters is 1. The second kappa shape index (κ2) is 22.0. The van der Waals surface area contributed by atoms with Crippen molar-refractivity contribution < 1.29 is 33.3 Å². The molecule has 5 N–H and O–H groups in total. The number of hydrogen-bond acceptors (Lipinski definition) is 14. The highest BCUT2D eigenvalue weighted by Gasteiger charge is 2.22. The van der Waals surface area contributed by atoms with Crippen molar-refractivity contribution in [3.63, 3.8) is 0 Å². The highest BCUT2D eigenvalue weighted by atomic mass is 19.1. The number of nitrogens with two attached hydrogens (primary N) is 1. The molecular weight excluding hydrogens is 827 g/mol. The van der Waals surface area contributed by atoms with E-state index in [2.05, 4.69) is 45.4 Å². The standard InChI is InChI=1S/C22H21FN6O2.C21H18FN5O2.C2H7NO/c1-2-14-12-26-20(27-18(14)22(31)25-10-11-30)19-16-7-5-9-24-21(16)29(28-19)13-15-6-3-4-8-17(15)23;1-3-13-11-24-19(25-17(13)21(28)29-2)18-15-8-6-10-23-20(15)27(26-18)12-14-7-4-5-9-16(14)22;3-1-2-4/h3-9,12,30H,2,10-11,13H2,1H3,(H,25,31);4-11H,3,12H2,1-2H3;4H,1-3H2. The van der Waals surface area contributed by atoms with Crippen LogP contribution in [0.1, 0.15) is 57.1 Å². The highest BCUT2D eigenvalue weighted by Crippen LogP contribution is 2.28. The van der Waals surface area contributed by atoms with E-state index in [4.69, 9.17) is 20.7 Å². The smallest absolute Gasteiger partial charge is 0.357 e. The zero-order valence-corrected chi connectivity index (χ0v) is 35.3. The molecule has 6 aromatic heterocycles. The quantitative estimate of drug-likeness (QED) is 0.115. The Balaban J connectivity index is 0.000000197. The molecule has 0 spiro atoms. The Morgan fingerprint density at radius 3 is 1.58 bits per heavy atom. The van der Waals surface area contributed by atoms with E-state index in [1.807, 2.05) is 26.0 Å². The topological polar surface area (TPSA) is 235 Å². The lowest BCUT2D eigenvalue weighted by molar-refractivity contribution is 0.0592. The zero-order chi connectivity index (χ0) is 45.6. The molecule has 64 heavy (non-hydrogen) atoms. The molecule has 8 rings (SSSR count). The largest absolute Gasteiger partial charge is 0.464 e. The maximum absolute atomic E-state index is 14.2. The molecule has 19 heteroatoms. The molecule has 0 saturated heterocycles. The first-order valence-electron chi connectivity index (χ1n) is 20.3. The number of aliphatic hydroxyl groups excluding tert-OH is 2. The third kappa shape index (κ3) is 10.6. The fraction of sp³-hybridized carbons (Fsp3) is 0.244. The van der Waals surface area contributed by atoms with E-state index in [0.717, 1.165) is 0 Å². The van der Waals surface area contributed by atoms with Gasteiger partial charge in [-0.25, -0.2) is 52.8 Å². The Morgan fingerprint density at radius 1 is 0.672 bits per heavy atom. The van der Waals surface area contributed by atoms with Crippen LogP contribution in [0.5, 0.6) is 0 Å². The molecule has 6 heterocycles. The summed E-state index contributed by atoms with van der Waals surface area (Å²) in [5, 5.41) is 30.0. The van der Waals surface area contributed by atoms with Gasteiger partial charge in [0, 0.05) is 60.1 Å². The molecule has 0 aliphatic heterocycles. The van der Waals surface area contributed by atoms with E-state index < -0.39 is 5.97 Å². The SMILES string of the molecule is CCc1cnc(-c2nn(Cc3ccccc3F)c3ncccc23)nc1C(=O)NCCO.CCc1cnc(-c2nn(Cc3ccccc3F)c3ncccc23)nc1C(=O)OC.NCCO. The Labute approximate surface area is 366 Å². The molecule has 1 amide bonds. The third-order valence-corrected chi connectivity index (χ3v) is 9.60. The third-order valence-electron chi connectivity index (χ3n) is 9.60. The maximum Gasteiger partial charge on any atom is 0.357 e. The number of aryl methyl sites for hydroxylation is 2. The summed E-state index contributed by atoms with van der Waals surface area (Å²) >= 11 is 0. The number of methoxy groups -OCH3 is 1. The Bertz CT molecular complexity index is 2870. The van der Waals surface area contributed by atoms with Gasteiger partial charge in [0.15, 0.2) is 28.6 Å². The summed E-state index contributed by atoms with van der Waals surface area (Å²) in [6.07, 6.45) is 7.66. The molecule has 8 aromatic rings. The molecule has 0 radical (unpaired) electrons. The molecule has 0 aliphatic carbocycles. The van der Waals surface area contributed by atoms with Gasteiger partial charge in [0.25, 0.3) is 5.91 Å². The van der Waals surface area contributed by atoms with Crippen LogP contribution in [0.4, 0.5) is 8.78 Å². The number of carbonyl (C=O) groups is 2. The van der Waals surface area contributed by atoms with Crippen LogP contribution >= 0.6 is 0 Å². The van der Waals surface area contributed by atoms with E-state index >= 15 is 0 Å². The van der Waals surface area contributed by atoms with Crippen LogP contribution in [-0.4, -0.2) is 105 Å². The van der Waals surface area contributed by atoms with Crippen molar-refractivity contribution in [3.8, 4) is 23.0 Å². The summed E-state index contributed by atoms with van der Waals surface area (Å²) in [5.41, 5.74) is 9.64. The molecule has 0 bridgehead atoms. The number of pyridine rings is 2. The van der Waals surface area contributed by atoms with Crippen LogP contribution in [0, 0.1) is 11.6 Å². The van der Waals surface area contributed by atoms with Crippen LogP contribution < -0.4 is 11.1 Å². The fourth-order valence-electron chi connectivity index (χ4n) is 6.43. The molecular formula is C45H46F2N12O5. The summed E-state index contributed by atoms with van der Waals surface area (Å²) in [7, 11) is 1.31. The Morgan fingerprint density at radius 2 is 1.14 bits per heavy atom. The van der Waals surface area contributed by atoms with Crippen LogP contribution in [0.25, 0.3) is 45.1 Å². The van der Waals surface area contributed by atoms with Gasteiger partial charge in [0.05, 0.1) is 44.2 Å². The van der Waals surface area contributed by atoms with E-state index in [1.165, 1.54) is 19.2 Å². The number of nitrogens with one attached hydrogen (secondary N) is 1. The number of amides is 1. The van der Waals surface area contributed by atoms with Crippen LogP contribution in [0.15, 0.2) is 97.6 Å². The molecule has 0 unspecified atom stereocenters. The van der Waals surface area contributed by atoms with Crippen LogP contribution in [0.2, 0.25) is 0 Å². The van der Waals surface area contributed by atoms with E-state index in [-0.39, 0.29) is 73.4 Å². The number of benzene rings is 2. The Hall–Kier alpha value is -7.48. The van der Waals surface area contributed by atoms with Gasteiger partial charge >= 0.3 is 5.97 Å². The molecule has 0 atom stereocenters. The van der Waals surface area contributed by atoms with Crippen molar-refractivity contribution in [2.45, 2.75) is 39.8 Å². The number of carbonyl (C=O) groups excluding carboxylic acids is 2. The molecule has 17 nitrogen and oxygen atoms in total. The second-order valence-corrected chi connectivity index (χ2v) is 13.8. The predicted octanol–water partition coefficient (Wildman–Crippen LogP) is 4.72. The zero-order valence-electron chi connectivity index (χ0n) is 35.3. The van der Waals surface area contributed by atoms with Gasteiger partial charge < -0.3 is 26.0 Å². The summed E-state index contributed by atoms with van der Waals surface area (Å²) in [6, 6.07) is 20.3. The molecule has 330 valence electrons. The average Bonchev–Trinajstić information content (AvgIpc) is 3.90. The average molecular weight is 873 g/mol. The minimum Gasteiger partial charge on any atom is -0.464 e. The van der Waals surface area contributed by atoms with E-state index in [1.54, 1.807) is 82.7 Å². The number of aliphatic hydroxyl groups is 2. The van der Waals surface area contributed by atoms with Gasteiger partial charge in [-0.1, -0.05) is 50.2 Å². The number of hydrogen-bond donors (Lipinski definition) is 4. The fourth-order valence-corrected chi connectivity index (χ4v) is 6.43.